The zero-order valence-corrected chi connectivity index (χ0v) is 14.9. The van der Waals surface area contributed by atoms with Gasteiger partial charge in [-0.3, -0.25) is 4.79 Å². The molecule has 0 bridgehead atoms. The van der Waals surface area contributed by atoms with E-state index < -0.39 is 15.8 Å². The summed E-state index contributed by atoms with van der Waals surface area (Å²) in [5, 5.41) is 4.26. The minimum atomic E-state index is -3.60. The molecule has 25 heavy (non-hydrogen) atoms. The van der Waals surface area contributed by atoms with Gasteiger partial charge in [0.1, 0.15) is 5.75 Å². The summed E-state index contributed by atoms with van der Waals surface area (Å²) < 4.78 is 32.4. The molecule has 1 saturated carbocycles. The number of piperidine rings is 1. The third-order valence-electron chi connectivity index (χ3n) is 5.42. The van der Waals surface area contributed by atoms with Gasteiger partial charge in [0.05, 0.1) is 18.2 Å². The largest absolute Gasteiger partial charge is 0.593 e. The highest BCUT2D eigenvalue weighted by molar-refractivity contribution is 7.95. The Balaban J connectivity index is 1.54. The van der Waals surface area contributed by atoms with Crippen molar-refractivity contribution >= 4 is 22.0 Å². The summed E-state index contributed by atoms with van der Waals surface area (Å²) in [5.41, 5.74) is 2.95. The number of sulfonamides is 1. The molecule has 1 amide bonds. The highest BCUT2D eigenvalue weighted by atomic mass is 32.3. The second-order valence-corrected chi connectivity index (χ2v) is 8.82. The Kier molecular flexibility index (Phi) is 3.93. The molecule has 2 heterocycles. The van der Waals surface area contributed by atoms with Gasteiger partial charge in [-0.1, -0.05) is 10.3 Å². The van der Waals surface area contributed by atoms with Crippen molar-refractivity contribution in [2.75, 3.05) is 20.2 Å². The minimum Gasteiger partial charge on any atom is -0.593 e. The van der Waals surface area contributed by atoms with Crippen LogP contribution < -0.4 is 10.2 Å². The molecular weight excluding hydrogens is 342 g/mol. The molecule has 134 valence electrons. The molecule has 3 aliphatic rings. The average molecular weight is 363 g/mol. The first kappa shape index (κ1) is 16.7. The zero-order chi connectivity index (χ0) is 17.7. The van der Waals surface area contributed by atoms with Crippen LogP contribution in [0.5, 0.6) is 5.75 Å². The van der Waals surface area contributed by atoms with Gasteiger partial charge in [-0.25, -0.2) is 5.43 Å². The number of methoxy groups -OCH3 is 1. The van der Waals surface area contributed by atoms with Crippen LogP contribution in [0.25, 0.3) is 0 Å². The number of benzene rings is 1. The van der Waals surface area contributed by atoms with Crippen LogP contribution in [0.15, 0.2) is 34.3 Å². The minimum absolute atomic E-state index is 0.0761. The quantitative estimate of drug-likeness (QED) is 0.822. The van der Waals surface area contributed by atoms with Crippen molar-refractivity contribution in [1.29, 1.82) is 0 Å². The molecule has 0 aromatic heterocycles. The highest BCUT2D eigenvalue weighted by Crippen LogP contribution is 2.46. The predicted molar refractivity (Wildman–Crippen MR) is 91.6 cm³/mol. The molecule has 1 N–H and O–H groups in total. The van der Waals surface area contributed by atoms with Crippen LogP contribution in [-0.4, -0.2) is 40.7 Å². The van der Waals surface area contributed by atoms with Crippen molar-refractivity contribution in [2.24, 2.45) is 16.4 Å². The first-order chi connectivity index (χ1) is 12.0. The van der Waals surface area contributed by atoms with Gasteiger partial charge in [-0.05, 0) is 37.8 Å². The Labute approximate surface area is 147 Å². The smallest absolute Gasteiger partial charge is 0.252 e. The van der Waals surface area contributed by atoms with Crippen molar-refractivity contribution in [3.05, 3.63) is 24.3 Å². The standard InChI is InChI=1S/C17H21N3O4S/c1-24-13-3-2-4-14(11-13)25(22,23)20-9-7-17(8-10-20)15(12-5-6-12)18-19-16(17)21/h2-4,11-12H,5-10H2,1H3,(H-,19,21,22,23). The number of nitrogens with zero attached hydrogens (tertiary/aromatic N) is 2. The Morgan fingerprint density at radius 3 is 2.72 bits per heavy atom. The summed E-state index contributed by atoms with van der Waals surface area (Å²) in [6, 6.07) is 6.48. The lowest BCUT2D eigenvalue weighted by Gasteiger charge is -2.38. The lowest BCUT2D eigenvalue weighted by atomic mass is 9.73. The van der Waals surface area contributed by atoms with Gasteiger partial charge in [0.2, 0.25) is 0 Å². The van der Waals surface area contributed by atoms with Gasteiger partial charge in [0, 0.05) is 25.1 Å². The molecule has 1 atom stereocenters. The van der Waals surface area contributed by atoms with E-state index in [9.17, 15) is 13.6 Å². The van der Waals surface area contributed by atoms with E-state index in [0.717, 1.165) is 18.6 Å². The lowest BCUT2D eigenvalue weighted by Crippen LogP contribution is -2.51. The molecule has 7 nitrogen and oxygen atoms in total. The number of hydrazone groups is 1. The Morgan fingerprint density at radius 2 is 2.08 bits per heavy atom. The van der Waals surface area contributed by atoms with Crippen molar-refractivity contribution < 1.29 is 18.3 Å². The molecule has 4 rings (SSSR count). The average Bonchev–Trinajstić information content (AvgIpc) is 3.42. The number of amides is 1. The molecule has 1 aromatic carbocycles. The van der Waals surface area contributed by atoms with Gasteiger partial charge in [-0.15, -0.1) is 4.31 Å². The fraction of sp³-hybridized carbons (Fsp3) is 0.529. The van der Waals surface area contributed by atoms with Crippen LogP contribution in [0.3, 0.4) is 0 Å². The van der Waals surface area contributed by atoms with Crippen LogP contribution in [0.4, 0.5) is 0 Å². The number of ether oxygens (including phenoxy) is 1. The first-order valence-electron chi connectivity index (χ1n) is 8.50. The van der Waals surface area contributed by atoms with Gasteiger partial charge in [0.15, 0.2) is 15.3 Å². The predicted octanol–water partition coefficient (Wildman–Crippen LogP) is 1.58. The van der Waals surface area contributed by atoms with Crippen LogP contribution in [-0.2, 0) is 19.4 Å². The number of carbonyl (C=O) groups is 1. The summed E-state index contributed by atoms with van der Waals surface area (Å²) in [6.45, 7) is 0.636. The van der Waals surface area contributed by atoms with Crippen LogP contribution in [0.1, 0.15) is 25.7 Å². The van der Waals surface area contributed by atoms with Crippen LogP contribution >= 0.6 is 0 Å². The van der Waals surface area contributed by atoms with Crippen LogP contribution in [0, 0.1) is 11.3 Å². The van der Waals surface area contributed by atoms with Crippen molar-refractivity contribution in [3.63, 3.8) is 0 Å². The fourth-order valence-corrected chi connectivity index (χ4v) is 5.26. The lowest BCUT2D eigenvalue weighted by molar-refractivity contribution is -0.127. The van der Waals surface area contributed by atoms with Gasteiger partial charge in [-0.2, -0.15) is 5.10 Å². The molecule has 1 unspecified atom stereocenters. The number of nitrogens with one attached hydrogen (secondary N) is 1. The monoisotopic (exact) mass is 363 g/mol. The third-order valence-corrected chi connectivity index (χ3v) is 7.32. The molecule has 2 fully saturated rings. The molecular formula is C17H21N3O4S. The Bertz CT molecular complexity index is 782. The van der Waals surface area contributed by atoms with Crippen molar-refractivity contribution in [2.45, 2.75) is 30.6 Å². The first-order valence-corrected chi connectivity index (χ1v) is 9.94. The topological polar surface area (TPSA) is 94.1 Å². The summed E-state index contributed by atoms with van der Waals surface area (Å²) in [5.74, 6) is 0.821. The number of carbonyl (C=O) groups excluding carboxylic acids is 1. The molecule has 1 aromatic rings. The van der Waals surface area contributed by atoms with E-state index in [-0.39, 0.29) is 10.8 Å². The Morgan fingerprint density at radius 1 is 1.36 bits per heavy atom. The fourth-order valence-electron chi connectivity index (χ4n) is 3.78. The SMILES string of the molecule is COc1cccc([S+](=O)([O-])N2CCC3(CC2)C(=O)NN=C3C2CC2)c1. The molecule has 8 heteroatoms. The molecule has 1 spiro atoms. The van der Waals surface area contributed by atoms with E-state index in [4.69, 9.17) is 4.74 Å². The van der Waals surface area contributed by atoms with Gasteiger partial charge < -0.3 is 9.29 Å². The number of hydrogen-bond acceptors (Lipinski definition) is 5. The summed E-state index contributed by atoms with van der Waals surface area (Å²) >= 11 is 0. The van der Waals surface area contributed by atoms with Crippen molar-refractivity contribution in [1.82, 2.24) is 9.73 Å². The summed E-state index contributed by atoms with van der Waals surface area (Å²) in [6.07, 6.45) is 3.11. The van der Waals surface area contributed by atoms with Gasteiger partial charge in [0.25, 0.3) is 5.91 Å². The second kappa shape index (κ2) is 5.89. The van der Waals surface area contributed by atoms with E-state index in [0.29, 0.717) is 37.6 Å². The highest BCUT2D eigenvalue weighted by Gasteiger charge is 2.55. The zero-order valence-electron chi connectivity index (χ0n) is 14.1. The number of hydrogen-bond donors (Lipinski definition) is 1. The maximum Gasteiger partial charge on any atom is 0.252 e. The van der Waals surface area contributed by atoms with Crippen LogP contribution in [0.2, 0.25) is 0 Å². The number of rotatable bonds is 4. The maximum atomic E-state index is 12.9. The summed E-state index contributed by atoms with van der Waals surface area (Å²) in [7, 11) is -2.09. The normalized spacial score (nSPS) is 25.4. The Hall–Kier alpha value is -1.77. The van der Waals surface area contributed by atoms with E-state index in [1.807, 2.05) is 0 Å². The summed E-state index contributed by atoms with van der Waals surface area (Å²) in [4.78, 5) is 12.6. The van der Waals surface area contributed by atoms with Crippen molar-refractivity contribution in [3.8, 4) is 5.75 Å². The molecule has 0 radical (unpaired) electrons. The third kappa shape index (κ3) is 2.68. The van der Waals surface area contributed by atoms with Gasteiger partial charge >= 0.3 is 0 Å². The van der Waals surface area contributed by atoms with E-state index >= 15 is 0 Å². The molecule has 1 saturated heterocycles. The van der Waals surface area contributed by atoms with E-state index in [1.54, 1.807) is 18.2 Å². The molecule has 2 aliphatic heterocycles. The van der Waals surface area contributed by atoms with E-state index in [1.165, 1.54) is 17.5 Å². The molecule has 1 aliphatic carbocycles. The van der Waals surface area contributed by atoms with E-state index in [2.05, 4.69) is 10.5 Å². The second-order valence-electron chi connectivity index (χ2n) is 6.88. The maximum absolute atomic E-state index is 12.9.